The third-order valence-electron chi connectivity index (χ3n) is 3.44. The molecule has 0 radical (unpaired) electrons. The van der Waals surface area contributed by atoms with Crippen molar-refractivity contribution >= 4 is 23.4 Å². The second kappa shape index (κ2) is 7.37. The van der Waals surface area contributed by atoms with Gasteiger partial charge in [0.2, 0.25) is 0 Å². The average molecular weight is 346 g/mol. The molecule has 0 unspecified atom stereocenters. The number of nitro benzene ring substituents is 1. The fraction of sp³-hybridized carbons (Fsp3) is 0.267. The first-order valence-electron chi connectivity index (χ1n) is 7.25. The highest BCUT2D eigenvalue weighted by atomic mass is 32.2. The van der Waals surface area contributed by atoms with Crippen LogP contribution in [0.3, 0.4) is 0 Å². The van der Waals surface area contributed by atoms with E-state index in [0.29, 0.717) is 41.9 Å². The molecule has 0 atom stereocenters. The molecule has 9 heteroatoms. The maximum Gasteiger partial charge on any atom is 0.284 e. The monoisotopic (exact) mass is 346 g/mol. The predicted octanol–water partition coefficient (Wildman–Crippen LogP) is 2.01. The summed E-state index contributed by atoms with van der Waals surface area (Å²) in [5.74, 6) is -0.228. The topological polar surface area (TPSA) is 98.5 Å². The molecule has 2 aromatic rings. The standard InChI is InChI=1S/C15H14N4O4S/c20-14(18-6-8-23-9-7-18)11-2-3-13(12(10-11)19(21)22)24-15-16-4-1-5-17-15/h1-5,10H,6-9H2. The lowest BCUT2D eigenvalue weighted by atomic mass is 10.1. The van der Waals surface area contributed by atoms with Gasteiger partial charge >= 0.3 is 0 Å². The van der Waals surface area contributed by atoms with Gasteiger partial charge in [-0.1, -0.05) is 0 Å². The largest absolute Gasteiger partial charge is 0.378 e. The minimum Gasteiger partial charge on any atom is -0.378 e. The molecule has 24 heavy (non-hydrogen) atoms. The van der Waals surface area contributed by atoms with Crippen LogP contribution in [0.5, 0.6) is 0 Å². The van der Waals surface area contributed by atoms with Gasteiger partial charge in [-0.3, -0.25) is 14.9 Å². The number of hydrogen-bond acceptors (Lipinski definition) is 7. The summed E-state index contributed by atoms with van der Waals surface area (Å²) in [5.41, 5.74) is 0.161. The zero-order valence-electron chi connectivity index (χ0n) is 12.6. The molecule has 1 aromatic heterocycles. The zero-order valence-corrected chi connectivity index (χ0v) is 13.4. The lowest BCUT2D eigenvalue weighted by Gasteiger charge is -2.26. The normalized spacial score (nSPS) is 14.4. The predicted molar refractivity (Wildman–Crippen MR) is 86.0 cm³/mol. The van der Waals surface area contributed by atoms with Crippen molar-refractivity contribution in [1.82, 2.24) is 14.9 Å². The third kappa shape index (κ3) is 3.69. The molecule has 0 spiro atoms. The van der Waals surface area contributed by atoms with E-state index >= 15 is 0 Å². The summed E-state index contributed by atoms with van der Waals surface area (Å²) in [5, 5.41) is 11.8. The Morgan fingerprint density at radius 2 is 1.96 bits per heavy atom. The van der Waals surface area contributed by atoms with E-state index in [-0.39, 0.29) is 11.6 Å². The van der Waals surface area contributed by atoms with Gasteiger partial charge in [0.25, 0.3) is 11.6 Å². The molecular weight excluding hydrogens is 332 g/mol. The minimum atomic E-state index is -0.499. The van der Waals surface area contributed by atoms with Gasteiger partial charge < -0.3 is 9.64 Å². The van der Waals surface area contributed by atoms with Crippen LogP contribution in [-0.4, -0.2) is 52.0 Å². The fourth-order valence-corrected chi connectivity index (χ4v) is 3.06. The lowest BCUT2D eigenvalue weighted by Crippen LogP contribution is -2.40. The van der Waals surface area contributed by atoms with Crippen LogP contribution in [0.15, 0.2) is 46.7 Å². The molecule has 1 fully saturated rings. The average Bonchev–Trinajstić information content (AvgIpc) is 2.63. The van der Waals surface area contributed by atoms with Crippen molar-refractivity contribution in [2.75, 3.05) is 26.3 Å². The quantitative estimate of drug-likeness (QED) is 0.474. The Balaban J connectivity index is 1.86. The molecule has 1 aliphatic heterocycles. The number of carbonyl (C=O) groups excluding carboxylic acids is 1. The van der Waals surface area contributed by atoms with Crippen LogP contribution in [0.4, 0.5) is 5.69 Å². The number of ether oxygens (including phenoxy) is 1. The smallest absolute Gasteiger partial charge is 0.284 e. The van der Waals surface area contributed by atoms with Crippen LogP contribution in [0.1, 0.15) is 10.4 Å². The van der Waals surface area contributed by atoms with Gasteiger partial charge in [0.05, 0.1) is 23.0 Å². The Morgan fingerprint density at radius 1 is 1.25 bits per heavy atom. The number of aromatic nitrogens is 2. The fourth-order valence-electron chi connectivity index (χ4n) is 2.26. The van der Waals surface area contributed by atoms with Gasteiger partial charge in [-0.25, -0.2) is 9.97 Å². The number of nitro groups is 1. The first-order chi connectivity index (χ1) is 11.6. The molecular formula is C15H14N4O4S. The van der Waals surface area contributed by atoms with E-state index in [4.69, 9.17) is 4.74 Å². The third-order valence-corrected chi connectivity index (χ3v) is 4.40. The number of carbonyl (C=O) groups is 1. The lowest BCUT2D eigenvalue weighted by molar-refractivity contribution is -0.387. The summed E-state index contributed by atoms with van der Waals surface area (Å²) in [7, 11) is 0. The van der Waals surface area contributed by atoms with Crippen molar-refractivity contribution in [3.63, 3.8) is 0 Å². The maximum atomic E-state index is 12.5. The van der Waals surface area contributed by atoms with Crippen LogP contribution in [0.25, 0.3) is 0 Å². The Kier molecular flexibility index (Phi) is 5.02. The summed E-state index contributed by atoms with van der Waals surface area (Å²) in [4.78, 5) is 33.5. The van der Waals surface area contributed by atoms with Crippen LogP contribution in [0, 0.1) is 10.1 Å². The van der Waals surface area contributed by atoms with E-state index in [1.54, 1.807) is 35.5 Å². The van der Waals surface area contributed by atoms with Crippen LogP contribution >= 0.6 is 11.8 Å². The first kappa shape index (κ1) is 16.3. The number of nitrogens with zero attached hydrogens (tertiary/aromatic N) is 4. The van der Waals surface area contributed by atoms with E-state index in [2.05, 4.69) is 9.97 Å². The molecule has 0 bridgehead atoms. The highest BCUT2D eigenvalue weighted by Gasteiger charge is 2.23. The molecule has 0 N–H and O–H groups in total. The molecule has 8 nitrogen and oxygen atoms in total. The number of hydrogen-bond donors (Lipinski definition) is 0. The van der Waals surface area contributed by atoms with Crippen molar-refractivity contribution in [3.05, 3.63) is 52.3 Å². The van der Waals surface area contributed by atoms with Gasteiger partial charge in [-0.2, -0.15) is 0 Å². The SMILES string of the molecule is O=C(c1ccc(Sc2ncccn2)c([N+](=O)[O-])c1)N1CCOCC1. The second-order valence-electron chi connectivity index (χ2n) is 4.98. The van der Waals surface area contributed by atoms with Gasteiger partial charge in [-0.05, 0) is 30.0 Å². The van der Waals surface area contributed by atoms with Crippen molar-refractivity contribution in [2.45, 2.75) is 10.1 Å². The molecule has 1 aromatic carbocycles. The summed E-state index contributed by atoms with van der Waals surface area (Å²) in [6.45, 7) is 1.93. The summed E-state index contributed by atoms with van der Waals surface area (Å²) < 4.78 is 5.21. The summed E-state index contributed by atoms with van der Waals surface area (Å²) >= 11 is 1.09. The number of morpholine rings is 1. The Morgan fingerprint density at radius 3 is 2.62 bits per heavy atom. The zero-order chi connectivity index (χ0) is 16.9. The van der Waals surface area contributed by atoms with Crippen molar-refractivity contribution in [3.8, 4) is 0 Å². The Bertz CT molecular complexity index is 750. The molecule has 2 heterocycles. The highest BCUT2D eigenvalue weighted by Crippen LogP contribution is 2.33. The van der Waals surface area contributed by atoms with E-state index in [1.165, 1.54) is 6.07 Å². The molecule has 1 aliphatic rings. The molecule has 0 aliphatic carbocycles. The number of amides is 1. The maximum absolute atomic E-state index is 12.5. The van der Waals surface area contributed by atoms with Crippen LogP contribution in [-0.2, 0) is 4.74 Å². The Hall–Kier alpha value is -2.52. The van der Waals surface area contributed by atoms with E-state index < -0.39 is 4.92 Å². The number of benzene rings is 1. The second-order valence-corrected chi connectivity index (χ2v) is 5.99. The van der Waals surface area contributed by atoms with Gasteiger partial charge in [0.1, 0.15) is 0 Å². The molecule has 124 valence electrons. The van der Waals surface area contributed by atoms with Crippen LogP contribution in [0.2, 0.25) is 0 Å². The van der Waals surface area contributed by atoms with Gasteiger partial charge in [-0.15, -0.1) is 0 Å². The number of rotatable bonds is 4. The summed E-state index contributed by atoms with van der Waals surface area (Å²) in [6, 6.07) is 6.13. The van der Waals surface area contributed by atoms with E-state index in [0.717, 1.165) is 11.8 Å². The van der Waals surface area contributed by atoms with Crippen molar-refractivity contribution in [2.24, 2.45) is 0 Å². The van der Waals surface area contributed by atoms with Gasteiger partial charge in [0.15, 0.2) is 5.16 Å². The molecule has 3 rings (SSSR count). The Labute approximate surface area is 142 Å². The first-order valence-corrected chi connectivity index (χ1v) is 8.07. The van der Waals surface area contributed by atoms with Gasteiger partial charge in [0, 0.05) is 37.1 Å². The highest BCUT2D eigenvalue weighted by molar-refractivity contribution is 7.99. The molecule has 1 amide bonds. The minimum absolute atomic E-state index is 0.133. The van der Waals surface area contributed by atoms with E-state index in [1.807, 2.05) is 0 Å². The van der Waals surface area contributed by atoms with E-state index in [9.17, 15) is 14.9 Å². The summed E-state index contributed by atoms with van der Waals surface area (Å²) in [6.07, 6.45) is 3.13. The molecule has 1 saturated heterocycles. The van der Waals surface area contributed by atoms with Crippen molar-refractivity contribution in [1.29, 1.82) is 0 Å². The van der Waals surface area contributed by atoms with Crippen molar-refractivity contribution < 1.29 is 14.5 Å². The van der Waals surface area contributed by atoms with Crippen LogP contribution < -0.4 is 0 Å². The molecule has 0 saturated carbocycles.